The summed E-state index contributed by atoms with van der Waals surface area (Å²) in [6.07, 6.45) is 12.3. The van der Waals surface area contributed by atoms with Crippen molar-refractivity contribution in [2.24, 2.45) is 23.7 Å². The monoisotopic (exact) mass is 474 g/mol. The van der Waals surface area contributed by atoms with E-state index >= 15 is 0 Å². The van der Waals surface area contributed by atoms with Crippen molar-refractivity contribution in [3.05, 3.63) is 24.3 Å². The van der Waals surface area contributed by atoms with E-state index in [-0.39, 0.29) is 24.1 Å². The van der Waals surface area contributed by atoms with E-state index in [4.69, 9.17) is 18.9 Å². The van der Waals surface area contributed by atoms with Crippen LogP contribution in [0.5, 0.6) is 11.5 Å². The third-order valence-electron chi connectivity index (χ3n) is 7.41. The van der Waals surface area contributed by atoms with Crippen LogP contribution in [0.25, 0.3) is 0 Å². The number of hydrogen-bond acceptors (Lipinski definition) is 5. The fourth-order valence-corrected chi connectivity index (χ4v) is 5.23. The molecule has 3 unspecified atom stereocenters. The Bertz CT molecular complexity index is 695. The van der Waals surface area contributed by atoms with Gasteiger partial charge in [-0.3, -0.25) is 4.79 Å². The fraction of sp³-hybridized carbons (Fsp3) is 0.759. The summed E-state index contributed by atoms with van der Waals surface area (Å²) >= 11 is 0. The number of rotatable bonds is 13. The summed E-state index contributed by atoms with van der Waals surface area (Å²) in [5.41, 5.74) is 0. The van der Waals surface area contributed by atoms with Gasteiger partial charge in [0.1, 0.15) is 11.5 Å². The lowest BCUT2D eigenvalue weighted by Crippen LogP contribution is -2.41. The van der Waals surface area contributed by atoms with Crippen LogP contribution in [-0.4, -0.2) is 32.1 Å². The van der Waals surface area contributed by atoms with Gasteiger partial charge in [0.2, 0.25) is 0 Å². The largest absolute Gasteiger partial charge is 0.494 e. The summed E-state index contributed by atoms with van der Waals surface area (Å²) in [5.74, 6) is 2.37. The van der Waals surface area contributed by atoms with Gasteiger partial charge in [-0.1, -0.05) is 59.3 Å². The highest BCUT2D eigenvalue weighted by Crippen LogP contribution is 2.38. The highest BCUT2D eigenvalue weighted by Gasteiger charge is 2.38. The van der Waals surface area contributed by atoms with E-state index < -0.39 is 0 Å². The first kappa shape index (κ1) is 27.0. The van der Waals surface area contributed by atoms with Crippen LogP contribution in [0.4, 0.5) is 0 Å². The van der Waals surface area contributed by atoms with Gasteiger partial charge >= 0.3 is 5.97 Å². The summed E-state index contributed by atoms with van der Waals surface area (Å²) in [5, 5.41) is 0. The molecule has 2 fully saturated rings. The quantitative estimate of drug-likeness (QED) is 0.172. The van der Waals surface area contributed by atoms with Crippen molar-refractivity contribution in [1.82, 2.24) is 0 Å². The number of unbranched alkanes of at least 4 members (excludes halogenated alkanes) is 5. The Hall–Kier alpha value is -1.59. The minimum absolute atomic E-state index is 0.0730. The minimum atomic E-state index is -0.124. The van der Waals surface area contributed by atoms with Gasteiger partial charge in [-0.05, 0) is 62.3 Å². The number of benzene rings is 1. The van der Waals surface area contributed by atoms with E-state index in [1.165, 1.54) is 44.9 Å². The maximum absolute atomic E-state index is 12.9. The third kappa shape index (κ3) is 8.57. The Kier molecular flexibility index (Phi) is 11.7. The van der Waals surface area contributed by atoms with Crippen molar-refractivity contribution in [1.29, 1.82) is 0 Å². The molecule has 1 aliphatic carbocycles. The van der Waals surface area contributed by atoms with E-state index in [0.717, 1.165) is 51.3 Å². The first-order valence-electron chi connectivity index (χ1n) is 13.8. The van der Waals surface area contributed by atoms with Crippen LogP contribution >= 0.6 is 0 Å². The van der Waals surface area contributed by atoms with Crippen molar-refractivity contribution >= 4 is 5.97 Å². The molecule has 1 heterocycles. The molecular formula is C29H46O5. The minimum Gasteiger partial charge on any atom is -0.494 e. The van der Waals surface area contributed by atoms with Crippen molar-refractivity contribution in [3.8, 4) is 11.5 Å². The van der Waals surface area contributed by atoms with Gasteiger partial charge in [-0.15, -0.1) is 0 Å². The molecule has 3 atom stereocenters. The summed E-state index contributed by atoms with van der Waals surface area (Å²) in [6.45, 7) is 8.94. The Morgan fingerprint density at radius 1 is 0.912 bits per heavy atom. The SMILES string of the molecule is CCCCCCOc1ccc(OC(=O)C2CCC(C3OCC(CCCCC)CO3)CC2C)cc1. The normalized spacial score (nSPS) is 27.3. The summed E-state index contributed by atoms with van der Waals surface area (Å²) in [4.78, 5) is 12.9. The van der Waals surface area contributed by atoms with Crippen LogP contribution in [0.1, 0.15) is 91.4 Å². The second kappa shape index (κ2) is 14.7. The molecule has 5 heteroatoms. The van der Waals surface area contributed by atoms with E-state index in [1.54, 1.807) is 0 Å². The third-order valence-corrected chi connectivity index (χ3v) is 7.41. The maximum Gasteiger partial charge on any atom is 0.314 e. The van der Waals surface area contributed by atoms with Gasteiger partial charge in [-0.25, -0.2) is 0 Å². The molecular weight excluding hydrogens is 428 g/mol. The van der Waals surface area contributed by atoms with Gasteiger partial charge in [0.25, 0.3) is 0 Å². The molecule has 0 bridgehead atoms. The van der Waals surface area contributed by atoms with Gasteiger partial charge in [-0.2, -0.15) is 0 Å². The molecule has 1 aromatic carbocycles. The van der Waals surface area contributed by atoms with Crippen LogP contribution < -0.4 is 9.47 Å². The topological polar surface area (TPSA) is 54.0 Å². The molecule has 1 aliphatic heterocycles. The lowest BCUT2D eigenvalue weighted by molar-refractivity contribution is -0.232. The van der Waals surface area contributed by atoms with Crippen LogP contribution in [0.3, 0.4) is 0 Å². The molecule has 1 aromatic rings. The van der Waals surface area contributed by atoms with Crippen LogP contribution in [0.15, 0.2) is 24.3 Å². The van der Waals surface area contributed by atoms with E-state index in [2.05, 4.69) is 20.8 Å². The average molecular weight is 475 g/mol. The molecule has 1 saturated heterocycles. The molecule has 0 N–H and O–H groups in total. The molecule has 34 heavy (non-hydrogen) atoms. The Balaban J connectivity index is 1.37. The van der Waals surface area contributed by atoms with E-state index in [1.807, 2.05) is 24.3 Å². The summed E-state index contributed by atoms with van der Waals surface area (Å²) in [7, 11) is 0. The number of carbonyl (C=O) groups is 1. The van der Waals surface area contributed by atoms with Gasteiger partial charge in [0, 0.05) is 11.8 Å². The standard InChI is InChI=1S/C29H46O5/c1-4-6-8-10-18-31-25-13-15-26(16-14-25)34-28(30)27-17-12-24(19-22(27)3)29-32-20-23(21-33-29)11-9-7-5-2/h13-16,22-24,27,29H,4-12,17-21H2,1-3H3. The predicted octanol–water partition coefficient (Wildman–Crippen LogP) is 7.17. The van der Waals surface area contributed by atoms with Crippen LogP contribution in [-0.2, 0) is 14.3 Å². The summed E-state index contributed by atoms with van der Waals surface area (Å²) < 4.78 is 23.7. The number of ether oxygens (including phenoxy) is 4. The van der Waals surface area contributed by atoms with Gasteiger partial charge in [0.05, 0.1) is 25.7 Å². The molecule has 0 aromatic heterocycles. The number of carbonyl (C=O) groups excluding carboxylic acids is 1. The predicted molar refractivity (Wildman–Crippen MR) is 135 cm³/mol. The zero-order valence-electron chi connectivity index (χ0n) is 21.6. The fourth-order valence-electron chi connectivity index (χ4n) is 5.23. The molecule has 0 amide bonds. The molecule has 5 nitrogen and oxygen atoms in total. The first-order chi connectivity index (χ1) is 16.6. The molecule has 1 saturated carbocycles. The number of esters is 1. The highest BCUT2D eigenvalue weighted by molar-refractivity contribution is 5.75. The lowest BCUT2D eigenvalue weighted by Gasteiger charge is -2.39. The second-order valence-corrected chi connectivity index (χ2v) is 10.4. The van der Waals surface area contributed by atoms with E-state index in [9.17, 15) is 4.79 Å². The van der Waals surface area contributed by atoms with Crippen molar-refractivity contribution < 1.29 is 23.7 Å². The van der Waals surface area contributed by atoms with Crippen LogP contribution in [0.2, 0.25) is 0 Å². The van der Waals surface area contributed by atoms with Crippen LogP contribution in [0, 0.1) is 23.7 Å². The molecule has 192 valence electrons. The Morgan fingerprint density at radius 2 is 1.59 bits per heavy atom. The smallest absolute Gasteiger partial charge is 0.314 e. The van der Waals surface area contributed by atoms with Gasteiger partial charge in [0.15, 0.2) is 6.29 Å². The Morgan fingerprint density at radius 3 is 2.26 bits per heavy atom. The number of hydrogen-bond donors (Lipinski definition) is 0. The zero-order chi connectivity index (χ0) is 24.2. The molecule has 2 aliphatic rings. The van der Waals surface area contributed by atoms with Gasteiger partial charge < -0.3 is 18.9 Å². The zero-order valence-corrected chi connectivity index (χ0v) is 21.6. The van der Waals surface area contributed by atoms with Crippen molar-refractivity contribution in [3.63, 3.8) is 0 Å². The second-order valence-electron chi connectivity index (χ2n) is 10.4. The first-order valence-corrected chi connectivity index (χ1v) is 13.8. The van der Waals surface area contributed by atoms with E-state index in [0.29, 0.717) is 17.6 Å². The lowest BCUT2D eigenvalue weighted by atomic mass is 9.74. The average Bonchev–Trinajstić information content (AvgIpc) is 2.85. The highest BCUT2D eigenvalue weighted by atomic mass is 16.7. The molecule has 0 spiro atoms. The molecule has 3 rings (SSSR count). The van der Waals surface area contributed by atoms with Crippen molar-refractivity contribution in [2.75, 3.05) is 19.8 Å². The molecule has 0 radical (unpaired) electrons. The Labute approximate surface area is 206 Å². The maximum atomic E-state index is 12.9. The summed E-state index contributed by atoms with van der Waals surface area (Å²) in [6, 6.07) is 7.43. The van der Waals surface area contributed by atoms with Crippen molar-refractivity contribution in [2.45, 2.75) is 97.7 Å².